The third-order valence-electron chi connectivity index (χ3n) is 4.92. The first kappa shape index (κ1) is 17.7. The van der Waals surface area contributed by atoms with E-state index in [1.165, 1.54) is 0 Å². The summed E-state index contributed by atoms with van der Waals surface area (Å²) in [7, 11) is 0. The van der Waals surface area contributed by atoms with E-state index in [1.54, 1.807) is 10.6 Å². The number of fused-ring (bicyclic) bond motifs is 2. The number of H-pyrrole nitrogens is 1. The number of benzene rings is 1. The molecular formula is C17H18N4O6. The van der Waals surface area contributed by atoms with Gasteiger partial charge in [-0.25, -0.2) is 9.78 Å². The molecular weight excluding hydrogens is 356 g/mol. The van der Waals surface area contributed by atoms with Crippen LogP contribution < -0.4 is 11.2 Å². The molecule has 4 unspecified atom stereocenters. The summed E-state index contributed by atoms with van der Waals surface area (Å²) in [6.07, 6.45) is -5.29. The van der Waals surface area contributed by atoms with Crippen LogP contribution in [0.4, 0.5) is 0 Å². The first-order valence-electron chi connectivity index (χ1n) is 8.38. The zero-order valence-corrected chi connectivity index (χ0v) is 14.6. The highest BCUT2D eigenvalue weighted by Crippen LogP contribution is 2.27. The molecule has 27 heavy (non-hydrogen) atoms. The lowest BCUT2D eigenvalue weighted by molar-refractivity contribution is -0.128. The number of aryl methyl sites for hydroxylation is 2. The van der Waals surface area contributed by atoms with Gasteiger partial charge in [-0.15, -0.1) is 0 Å². The van der Waals surface area contributed by atoms with E-state index in [-0.39, 0.29) is 18.1 Å². The van der Waals surface area contributed by atoms with Gasteiger partial charge in [-0.1, -0.05) is 0 Å². The van der Waals surface area contributed by atoms with Crippen molar-refractivity contribution >= 4 is 11.0 Å². The van der Waals surface area contributed by atoms with Gasteiger partial charge in [0.1, 0.15) is 18.3 Å². The molecule has 10 nitrogen and oxygen atoms in total. The Balaban J connectivity index is 1.99. The largest absolute Gasteiger partial charge is 0.387 e. The minimum Gasteiger partial charge on any atom is -0.387 e. The second-order valence-corrected chi connectivity index (χ2v) is 6.74. The number of aliphatic hydroxyl groups is 3. The Labute approximate surface area is 152 Å². The first-order valence-corrected chi connectivity index (χ1v) is 8.38. The normalized spacial score (nSPS) is 25.5. The average molecular weight is 374 g/mol. The summed E-state index contributed by atoms with van der Waals surface area (Å²) >= 11 is 0. The molecule has 142 valence electrons. The van der Waals surface area contributed by atoms with E-state index in [0.29, 0.717) is 11.0 Å². The second-order valence-electron chi connectivity index (χ2n) is 6.74. The van der Waals surface area contributed by atoms with Crippen LogP contribution in [0.25, 0.3) is 22.6 Å². The molecule has 0 saturated carbocycles. The zero-order valence-electron chi connectivity index (χ0n) is 14.6. The fourth-order valence-electron chi connectivity index (χ4n) is 3.29. The van der Waals surface area contributed by atoms with Gasteiger partial charge < -0.3 is 24.6 Å². The van der Waals surface area contributed by atoms with Crippen molar-refractivity contribution in [2.45, 2.75) is 45.0 Å². The summed E-state index contributed by atoms with van der Waals surface area (Å²) in [5, 5.41) is 29.5. The van der Waals surface area contributed by atoms with E-state index < -0.39 is 35.9 Å². The minimum atomic E-state index is -1.53. The van der Waals surface area contributed by atoms with Crippen LogP contribution in [0, 0.1) is 13.8 Å². The number of nitrogens with one attached hydrogen (secondary N) is 1. The Morgan fingerprint density at radius 3 is 2.48 bits per heavy atom. The highest BCUT2D eigenvalue weighted by molar-refractivity contribution is 5.81. The summed E-state index contributed by atoms with van der Waals surface area (Å²) in [6, 6.07) is 3.64. The molecule has 4 atom stereocenters. The first-order chi connectivity index (χ1) is 12.8. The van der Waals surface area contributed by atoms with Crippen molar-refractivity contribution < 1.29 is 20.1 Å². The maximum Gasteiger partial charge on any atom is 0.349 e. The number of rotatable bonds is 2. The highest BCUT2D eigenvalue weighted by Gasteiger charge is 2.42. The van der Waals surface area contributed by atoms with E-state index in [2.05, 4.69) is 15.0 Å². The molecule has 0 aliphatic carbocycles. The lowest BCUT2D eigenvalue weighted by atomic mass is 10.1. The van der Waals surface area contributed by atoms with Gasteiger partial charge in [0.25, 0.3) is 5.56 Å². The summed E-state index contributed by atoms with van der Waals surface area (Å²) in [4.78, 5) is 34.3. The number of nitrogens with zero attached hydrogens (tertiary/aromatic N) is 3. The van der Waals surface area contributed by atoms with Gasteiger partial charge in [-0.05, 0) is 37.1 Å². The molecule has 0 amide bonds. The SMILES string of the molecule is Cc1cc2nc3c(=O)[nH]c(=O)nc-3n(CC3OC(O)C(O)C3O)c2cc1C. The van der Waals surface area contributed by atoms with Gasteiger partial charge in [0.2, 0.25) is 0 Å². The van der Waals surface area contributed by atoms with Gasteiger partial charge in [0.15, 0.2) is 17.8 Å². The van der Waals surface area contributed by atoms with Gasteiger partial charge in [-0.3, -0.25) is 9.78 Å². The quantitative estimate of drug-likeness (QED) is 0.402. The molecule has 1 fully saturated rings. The summed E-state index contributed by atoms with van der Waals surface area (Å²) in [5.41, 5.74) is 1.48. The molecule has 0 bridgehead atoms. The third kappa shape index (κ3) is 2.82. The van der Waals surface area contributed by atoms with Gasteiger partial charge in [0, 0.05) is 0 Å². The highest BCUT2D eigenvalue weighted by atomic mass is 16.6. The van der Waals surface area contributed by atoms with Crippen molar-refractivity contribution in [3.05, 3.63) is 44.1 Å². The lowest BCUT2D eigenvalue weighted by Crippen LogP contribution is -2.36. The van der Waals surface area contributed by atoms with Crippen LogP contribution in [0.5, 0.6) is 0 Å². The standard InChI is InChI=1S/C17H18N4O6/c1-6-3-8-9(4-7(6)2)21(5-10-12(22)13(23)16(25)27-10)14-11(18-8)15(24)20-17(26)19-14/h3-4,10,12-13,16,22-23,25H,5H2,1-2H3,(H,20,24,26). The van der Waals surface area contributed by atoms with Crippen LogP contribution in [0.15, 0.2) is 21.7 Å². The molecule has 0 radical (unpaired) electrons. The van der Waals surface area contributed by atoms with Crippen molar-refractivity contribution in [3.8, 4) is 11.5 Å². The summed E-state index contributed by atoms with van der Waals surface area (Å²) < 4.78 is 6.77. The predicted molar refractivity (Wildman–Crippen MR) is 93.4 cm³/mol. The van der Waals surface area contributed by atoms with E-state index in [4.69, 9.17) is 4.74 Å². The summed E-state index contributed by atoms with van der Waals surface area (Å²) in [6.45, 7) is 3.76. The van der Waals surface area contributed by atoms with Crippen LogP contribution in [0.1, 0.15) is 11.1 Å². The van der Waals surface area contributed by atoms with Crippen LogP contribution in [-0.4, -0.2) is 59.4 Å². The number of aromatic nitrogens is 4. The summed E-state index contributed by atoms with van der Waals surface area (Å²) in [5.74, 6) is 0.0335. The number of aromatic amines is 1. The van der Waals surface area contributed by atoms with Crippen LogP contribution in [-0.2, 0) is 11.3 Å². The molecule has 0 spiro atoms. The van der Waals surface area contributed by atoms with Gasteiger partial charge in [0.05, 0.1) is 17.6 Å². The average Bonchev–Trinajstić information content (AvgIpc) is 2.84. The lowest BCUT2D eigenvalue weighted by Gasteiger charge is -2.21. The zero-order chi connectivity index (χ0) is 19.5. The van der Waals surface area contributed by atoms with Crippen LogP contribution >= 0.6 is 0 Å². The molecule has 3 aliphatic heterocycles. The molecule has 3 aliphatic rings. The van der Waals surface area contributed by atoms with E-state index >= 15 is 0 Å². The van der Waals surface area contributed by atoms with Gasteiger partial charge >= 0.3 is 5.69 Å². The molecule has 1 saturated heterocycles. The Hall–Kier alpha value is -2.66. The molecule has 1 aromatic rings. The molecule has 10 heteroatoms. The van der Waals surface area contributed by atoms with Crippen molar-refractivity contribution in [2.24, 2.45) is 0 Å². The third-order valence-corrected chi connectivity index (χ3v) is 4.92. The molecule has 4 N–H and O–H groups in total. The number of aliphatic hydroxyl groups excluding tert-OH is 3. The maximum atomic E-state index is 12.2. The fourth-order valence-corrected chi connectivity index (χ4v) is 3.29. The van der Waals surface area contributed by atoms with Crippen molar-refractivity contribution in [1.29, 1.82) is 0 Å². The smallest absolute Gasteiger partial charge is 0.349 e. The Morgan fingerprint density at radius 1 is 1.11 bits per heavy atom. The fraction of sp³-hybridized carbons (Fsp3) is 0.412. The minimum absolute atomic E-state index is 0.0288. The van der Waals surface area contributed by atoms with Crippen LogP contribution in [0.3, 0.4) is 0 Å². The number of hydrogen-bond acceptors (Lipinski definition) is 8. The molecule has 1 aromatic carbocycles. The molecule has 3 heterocycles. The van der Waals surface area contributed by atoms with Crippen molar-refractivity contribution in [3.63, 3.8) is 0 Å². The van der Waals surface area contributed by atoms with Crippen molar-refractivity contribution in [1.82, 2.24) is 19.5 Å². The Kier molecular flexibility index (Phi) is 4.07. The number of hydrogen-bond donors (Lipinski definition) is 4. The molecule has 0 aromatic heterocycles. The number of ether oxygens (including phenoxy) is 1. The molecule has 4 rings (SSSR count). The van der Waals surface area contributed by atoms with E-state index in [9.17, 15) is 24.9 Å². The van der Waals surface area contributed by atoms with Crippen molar-refractivity contribution in [2.75, 3.05) is 0 Å². The topological polar surface area (TPSA) is 151 Å². The van der Waals surface area contributed by atoms with E-state index in [0.717, 1.165) is 11.1 Å². The Morgan fingerprint density at radius 2 is 1.81 bits per heavy atom. The Bertz CT molecular complexity index is 1120. The van der Waals surface area contributed by atoms with Gasteiger partial charge in [-0.2, -0.15) is 4.98 Å². The monoisotopic (exact) mass is 374 g/mol. The van der Waals surface area contributed by atoms with Crippen LogP contribution in [0.2, 0.25) is 0 Å². The maximum absolute atomic E-state index is 12.2. The predicted octanol–water partition coefficient (Wildman–Crippen LogP) is -1.36. The second kappa shape index (κ2) is 6.20. The van der Waals surface area contributed by atoms with E-state index in [1.807, 2.05) is 19.9 Å².